The highest BCUT2D eigenvalue weighted by atomic mass is 35.5. The predicted octanol–water partition coefficient (Wildman–Crippen LogP) is 2.14. The van der Waals surface area contributed by atoms with Crippen LogP contribution in [0.2, 0.25) is 5.02 Å². The van der Waals surface area contributed by atoms with Gasteiger partial charge in [-0.2, -0.15) is 0 Å². The first-order valence-electron chi connectivity index (χ1n) is 7.55. The molecule has 1 aromatic rings. The summed E-state index contributed by atoms with van der Waals surface area (Å²) in [6.07, 6.45) is -0.127. The Balaban J connectivity index is 1.86. The second kappa shape index (κ2) is 7.61. The molecule has 6 heteroatoms. The number of likely N-dealkylation sites (N-methyl/N-ethyl adjacent to an activating group) is 1. The van der Waals surface area contributed by atoms with Crippen molar-refractivity contribution < 1.29 is 9.59 Å². The van der Waals surface area contributed by atoms with Gasteiger partial charge >= 0.3 is 0 Å². The van der Waals surface area contributed by atoms with Gasteiger partial charge in [-0.05, 0) is 31.2 Å². The fourth-order valence-electron chi connectivity index (χ4n) is 2.49. The van der Waals surface area contributed by atoms with Crippen LogP contribution in [0.3, 0.4) is 0 Å². The number of amides is 2. The van der Waals surface area contributed by atoms with Gasteiger partial charge in [0, 0.05) is 36.9 Å². The third-order valence-electron chi connectivity index (χ3n) is 3.96. The Hall–Kier alpha value is -1.59. The lowest BCUT2D eigenvalue weighted by Crippen LogP contribution is -2.49. The highest BCUT2D eigenvalue weighted by Crippen LogP contribution is 2.20. The first kappa shape index (κ1) is 16.8. The van der Waals surface area contributed by atoms with E-state index in [4.69, 9.17) is 11.6 Å². The van der Waals surface area contributed by atoms with Gasteiger partial charge in [0.1, 0.15) is 6.42 Å². The quantitative estimate of drug-likeness (QED) is 0.864. The van der Waals surface area contributed by atoms with E-state index in [-0.39, 0.29) is 18.2 Å². The SMILES string of the molecule is CCN1CCN(C(=O)CC(=O)Nc2cc(Cl)ccc2C)CC1. The van der Waals surface area contributed by atoms with E-state index in [0.29, 0.717) is 23.8 Å². The van der Waals surface area contributed by atoms with Gasteiger partial charge < -0.3 is 15.1 Å². The van der Waals surface area contributed by atoms with Crippen LogP contribution in [0.25, 0.3) is 0 Å². The maximum absolute atomic E-state index is 12.2. The van der Waals surface area contributed by atoms with Gasteiger partial charge in [0.2, 0.25) is 11.8 Å². The molecule has 1 aliphatic heterocycles. The number of nitrogens with one attached hydrogen (secondary N) is 1. The molecule has 0 aliphatic carbocycles. The van der Waals surface area contributed by atoms with Gasteiger partial charge in [-0.25, -0.2) is 0 Å². The van der Waals surface area contributed by atoms with Crippen molar-refractivity contribution >= 4 is 29.1 Å². The zero-order valence-electron chi connectivity index (χ0n) is 13.1. The number of nitrogens with zero attached hydrogens (tertiary/aromatic N) is 2. The molecule has 2 rings (SSSR count). The number of hydrogen-bond donors (Lipinski definition) is 1. The third-order valence-corrected chi connectivity index (χ3v) is 4.19. The maximum Gasteiger partial charge on any atom is 0.233 e. The number of carbonyl (C=O) groups is 2. The minimum Gasteiger partial charge on any atom is -0.340 e. The van der Waals surface area contributed by atoms with Crippen LogP contribution in [0, 0.1) is 6.92 Å². The molecule has 0 aromatic heterocycles. The zero-order chi connectivity index (χ0) is 16.1. The molecule has 22 heavy (non-hydrogen) atoms. The molecule has 2 amide bonds. The first-order chi connectivity index (χ1) is 10.5. The van der Waals surface area contributed by atoms with Crippen LogP contribution in [0.1, 0.15) is 18.9 Å². The van der Waals surface area contributed by atoms with E-state index in [1.165, 1.54) is 0 Å². The summed E-state index contributed by atoms with van der Waals surface area (Å²) in [6, 6.07) is 5.30. The van der Waals surface area contributed by atoms with Gasteiger partial charge in [0.05, 0.1) is 0 Å². The largest absolute Gasteiger partial charge is 0.340 e. The molecule has 0 bridgehead atoms. The molecule has 1 N–H and O–H groups in total. The van der Waals surface area contributed by atoms with E-state index in [2.05, 4.69) is 17.1 Å². The lowest BCUT2D eigenvalue weighted by molar-refractivity contribution is -0.136. The topological polar surface area (TPSA) is 52.7 Å². The Bertz CT molecular complexity index is 554. The van der Waals surface area contributed by atoms with Crippen LogP contribution in [0.5, 0.6) is 0 Å². The number of anilines is 1. The minimum absolute atomic E-state index is 0.118. The normalized spacial score (nSPS) is 15.7. The van der Waals surface area contributed by atoms with Crippen LogP contribution in [0.15, 0.2) is 18.2 Å². The average molecular weight is 324 g/mol. The molecule has 5 nitrogen and oxygen atoms in total. The monoisotopic (exact) mass is 323 g/mol. The summed E-state index contributed by atoms with van der Waals surface area (Å²) in [5.41, 5.74) is 1.57. The van der Waals surface area contributed by atoms with E-state index in [9.17, 15) is 9.59 Å². The van der Waals surface area contributed by atoms with Crippen molar-refractivity contribution in [1.29, 1.82) is 0 Å². The van der Waals surface area contributed by atoms with Gasteiger partial charge in [0.25, 0.3) is 0 Å². The average Bonchev–Trinajstić information content (AvgIpc) is 2.51. The van der Waals surface area contributed by atoms with Crippen LogP contribution in [0.4, 0.5) is 5.69 Å². The van der Waals surface area contributed by atoms with Crippen molar-refractivity contribution in [1.82, 2.24) is 9.80 Å². The number of benzene rings is 1. The van der Waals surface area contributed by atoms with E-state index in [0.717, 1.165) is 25.2 Å². The van der Waals surface area contributed by atoms with Crippen LogP contribution in [-0.4, -0.2) is 54.3 Å². The molecular weight excluding hydrogens is 302 g/mol. The van der Waals surface area contributed by atoms with Crippen molar-refractivity contribution in [2.45, 2.75) is 20.3 Å². The molecule has 1 fully saturated rings. The van der Waals surface area contributed by atoms with Gasteiger partial charge in [-0.1, -0.05) is 24.6 Å². The number of hydrogen-bond acceptors (Lipinski definition) is 3. The third kappa shape index (κ3) is 4.45. The Labute approximate surface area is 136 Å². The number of aryl methyl sites for hydroxylation is 1. The van der Waals surface area contributed by atoms with Crippen LogP contribution >= 0.6 is 11.6 Å². The van der Waals surface area contributed by atoms with Crippen molar-refractivity contribution in [3.8, 4) is 0 Å². The smallest absolute Gasteiger partial charge is 0.233 e. The lowest BCUT2D eigenvalue weighted by atomic mass is 10.2. The molecule has 0 spiro atoms. The van der Waals surface area contributed by atoms with Gasteiger partial charge in [-0.3, -0.25) is 9.59 Å². The summed E-state index contributed by atoms with van der Waals surface area (Å²) < 4.78 is 0. The predicted molar refractivity (Wildman–Crippen MR) is 88.1 cm³/mol. The van der Waals surface area contributed by atoms with Crippen LogP contribution in [-0.2, 0) is 9.59 Å². The van der Waals surface area contributed by atoms with Crippen molar-refractivity contribution in [3.63, 3.8) is 0 Å². The molecule has 1 aliphatic rings. The standard InChI is InChI=1S/C16H22ClN3O2/c1-3-19-6-8-20(9-7-19)16(22)11-15(21)18-14-10-13(17)5-4-12(14)2/h4-5,10H,3,6-9,11H2,1-2H3,(H,18,21). The molecule has 0 unspecified atom stereocenters. The number of halogens is 1. The Kier molecular flexibility index (Phi) is 5.80. The molecule has 0 radical (unpaired) electrons. The molecule has 1 heterocycles. The van der Waals surface area contributed by atoms with E-state index in [1.807, 2.05) is 13.0 Å². The van der Waals surface area contributed by atoms with Gasteiger partial charge in [-0.15, -0.1) is 0 Å². The Morgan fingerprint density at radius 3 is 2.55 bits per heavy atom. The fraction of sp³-hybridized carbons (Fsp3) is 0.500. The number of carbonyl (C=O) groups excluding carboxylic acids is 2. The summed E-state index contributed by atoms with van der Waals surface area (Å²) in [5, 5.41) is 3.32. The Morgan fingerprint density at radius 2 is 1.91 bits per heavy atom. The number of rotatable bonds is 4. The van der Waals surface area contributed by atoms with Crippen molar-refractivity contribution in [2.24, 2.45) is 0 Å². The summed E-state index contributed by atoms with van der Waals surface area (Å²) in [4.78, 5) is 28.3. The molecule has 0 atom stereocenters. The van der Waals surface area contributed by atoms with Crippen molar-refractivity contribution in [2.75, 3.05) is 38.0 Å². The molecule has 0 saturated carbocycles. The number of piperazine rings is 1. The molecular formula is C16H22ClN3O2. The highest BCUT2D eigenvalue weighted by molar-refractivity contribution is 6.31. The summed E-state index contributed by atoms with van der Waals surface area (Å²) in [5.74, 6) is -0.416. The Morgan fingerprint density at radius 1 is 1.23 bits per heavy atom. The molecule has 1 saturated heterocycles. The highest BCUT2D eigenvalue weighted by Gasteiger charge is 2.22. The fourth-order valence-corrected chi connectivity index (χ4v) is 2.66. The summed E-state index contributed by atoms with van der Waals surface area (Å²) >= 11 is 5.92. The second-order valence-electron chi connectivity index (χ2n) is 5.50. The molecule has 120 valence electrons. The lowest BCUT2D eigenvalue weighted by Gasteiger charge is -2.34. The van der Waals surface area contributed by atoms with E-state index >= 15 is 0 Å². The van der Waals surface area contributed by atoms with E-state index < -0.39 is 0 Å². The maximum atomic E-state index is 12.2. The van der Waals surface area contributed by atoms with Crippen molar-refractivity contribution in [3.05, 3.63) is 28.8 Å². The zero-order valence-corrected chi connectivity index (χ0v) is 13.8. The van der Waals surface area contributed by atoms with Gasteiger partial charge in [0.15, 0.2) is 0 Å². The summed E-state index contributed by atoms with van der Waals surface area (Å²) in [7, 11) is 0. The summed E-state index contributed by atoms with van der Waals surface area (Å²) in [6.45, 7) is 8.12. The molecule has 1 aromatic carbocycles. The first-order valence-corrected chi connectivity index (χ1v) is 7.93. The van der Waals surface area contributed by atoms with E-state index in [1.54, 1.807) is 17.0 Å². The second-order valence-corrected chi connectivity index (χ2v) is 5.94. The van der Waals surface area contributed by atoms with Crippen LogP contribution < -0.4 is 5.32 Å². The minimum atomic E-state index is -0.298.